The number of halogens is 1. The Bertz CT molecular complexity index is 564. The van der Waals surface area contributed by atoms with E-state index in [1.54, 1.807) is 17.4 Å². The van der Waals surface area contributed by atoms with Crippen molar-refractivity contribution in [3.63, 3.8) is 0 Å². The molecule has 0 unspecified atom stereocenters. The van der Waals surface area contributed by atoms with Crippen molar-refractivity contribution in [2.45, 2.75) is 13.1 Å². The summed E-state index contributed by atoms with van der Waals surface area (Å²) >= 11 is 5.14. The number of ether oxygens (including phenoxy) is 1. The zero-order valence-electron chi connectivity index (χ0n) is 10.7. The van der Waals surface area contributed by atoms with E-state index < -0.39 is 0 Å². The van der Waals surface area contributed by atoms with Crippen molar-refractivity contribution >= 4 is 33.2 Å². The summed E-state index contributed by atoms with van der Waals surface area (Å²) in [6.45, 7) is 1.37. The van der Waals surface area contributed by atoms with Crippen LogP contribution in [0.4, 0.5) is 0 Å². The maximum atomic E-state index is 11.5. The van der Waals surface area contributed by atoms with E-state index in [1.165, 1.54) is 18.3 Å². The van der Waals surface area contributed by atoms with Crippen LogP contribution in [0.1, 0.15) is 21.0 Å². The highest BCUT2D eigenvalue weighted by molar-refractivity contribution is 9.11. The van der Waals surface area contributed by atoms with Crippen LogP contribution in [-0.2, 0) is 17.8 Å². The van der Waals surface area contributed by atoms with Crippen LogP contribution in [0.2, 0.25) is 0 Å². The number of hydrogen-bond acceptors (Lipinski definition) is 5. The fourth-order valence-electron chi connectivity index (χ4n) is 1.76. The van der Waals surface area contributed by atoms with Gasteiger partial charge in [-0.15, -0.1) is 11.3 Å². The predicted octanol–water partition coefficient (Wildman–Crippen LogP) is 3.52. The molecule has 0 saturated heterocycles. The third-order valence-electron chi connectivity index (χ3n) is 2.62. The number of furan rings is 1. The van der Waals surface area contributed by atoms with Crippen LogP contribution >= 0.6 is 27.3 Å². The van der Waals surface area contributed by atoms with Gasteiger partial charge < -0.3 is 9.15 Å². The maximum absolute atomic E-state index is 11.5. The number of thiophene rings is 1. The summed E-state index contributed by atoms with van der Waals surface area (Å²) in [7, 11) is 3.35. The van der Waals surface area contributed by atoms with Gasteiger partial charge >= 0.3 is 5.97 Å². The van der Waals surface area contributed by atoms with Crippen molar-refractivity contribution in [1.82, 2.24) is 4.90 Å². The van der Waals surface area contributed by atoms with Crippen molar-refractivity contribution < 1.29 is 13.9 Å². The number of rotatable bonds is 5. The average molecular weight is 344 g/mol. The molecule has 0 aromatic carbocycles. The van der Waals surface area contributed by atoms with Crippen LogP contribution in [0.5, 0.6) is 0 Å². The van der Waals surface area contributed by atoms with Crippen molar-refractivity contribution in [3.8, 4) is 0 Å². The normalized spacial score (nSPS) is 10.9. The first kappa shape index (κ1) is 14.3. The molecule has 0 aliphatic rings. The van der Waals surface area contributed by atoms with Gasteiger partial charge in [0, 0.05) is 11.4 Å². The lowest BCUT2D eigenvalue weighted by Crippen LogP contribution is -2.18. The number of nitrogens with zero attached hydrogens (tertiary/aromatic N) is 1. The van der Waals surface area contributed by atoms with Gasteiger partial charge in [-0.05, 0) is 41.2 Å². The average Bonchev–Trinajstić information content (AvgIpc) is 2.97. The monoisotopic (exact) mass is 343 g/mol. The first-order valence-electron chi connectivity index (χ1n) is 5.67. The Morgan fingerprint density at radius 3 is 2.84 bits per heavy atom. The van der Waals surface area contributed by atoms with Gasteiger partial charge in [0.15, 0.2) is 0 Å². The summed E-state index contributed by atoms with van der Waals surface area (Å²) < 4.78 is 11.2. The Morgan fingerprint density at radius 1 is 1.42 bits per heavy atom. The van der Waals surface area contributed by atoms with E-state index in [0.717, 1.165) is 10.3 Å². The van der Waals surface area contributed by atoms with Crippen LogP contribution in [0.3, 0.4) is 0 Å². The second-order valence-electron chi connectivity index (χ2n) is 4.13. The minimum atomic E-state index is -0.365. The maximum Gasteiger partial charge on any atom is 0.341 e. The molecule has 0 saturated carbocycles. The quantitative estimate of drug-likeness (QED) is 0.779. The van der Waals surface area contributed by atoms with Gasteiger partial charge in [0.05, 0.1) is 23.7 Å². The highest BCUT2D eigenvalue weighted by atomic mass is 79.9. The second-order valence-corrected chi connectivity index (χ2v) is 6.67. The number of methoxy groups -OCH3 is 1. The fraction of sp³-hybridized carbons (Fsp3) is 0.308. The number of hydrogen-bond donors (Lipinski definition) is 0. The van der Waals surface area contributed by atoms with Crippen molar-refractivity contribution in [2.24, 2.45) is 0 Å². The lowest BCUT2D eigenvalue weighted by Gasteiger charge is -2.14. The van der Waals surface area contributed by atoms with Crippen LogP contribution < -0.4 is 0 Å². The summed E-state index contributed by atoms with van der Waals surface area (Å²) in [4.78, 5) is 14.9. The van der Waals surface area contributed by atoms with E-state index in [4.69, 9.17) is 9.15 Å². The van der Waals surface area contributed by atoms with Gasteiger partial charge in [-0.2, -0.15) is 0 Å². The van der Waals surface area contributed by atoms with E-state index >= 15 is 0 Å². The SMILES string of the molecule is COC(=O)c1ccoc1CN(C)Cc1ccc(Br)s1. The molecule has 0 aliphatic carbocycles. The number of esters is 1. The first-order chi connectivity index (χ1) is 9.10. The molecule has 0 spiro atoms. The zero-order valence-corrected chi connectivity index (χ0v) is 13.1. The molecule has 0 N–H and O–H groups in total. The van der Waals surface area contributed by atoms with E-state index in [1.807, 2.05) is 13.1 Å². The van der Waals surface area contributed by atoms with Crippen LogP contribution in [0, 0.1) is 0 Å². The van der Waals surface area contributed by atoms with Crippen LogP contribution in [0.15, 0.2) is 32.7 Å². The molecule has 0 amide bonds. The Morgan fingerprint density at radius 2 is 2.21 bits per heavy atom. The lowest BCUT2D eigenvalue weighted by molar-refractivity contribution is 0.0596. The topological polar surface area (TPSA) is 42.7 Å². The Hall–Kier alpha value is -1.11. The molecule has 0 aliphatic heterocycles. The summed E-state index contributed by atoms with van der Waals surface area (Å²) in [6.07, 6.45) is 1.51. The lowest BCUT2D eigenvalue weighted by atomic mass is 10.2. The molecular formula is C13H14BrNO3S. The first-order valence-corrected chi connectivity index (χ1v) is 7.28. The molecule has 19 heavy (non-hydrogen) atoms. The summed E-state index contributed by atoms with van der Waals surface area (Å²) in [5.74, 6) is 0.265. The summed E-state index contributed by atoms with van der Waals surface area (Å²) in [6, 6.07) is 5.74. The number of carbonyl (C=O) groups excluding carboxylic acids is 1. The third-order valence-corrected chi connectivity index (χ3v) is 4.23. The minimum Gasteiger partial charge on any atom is -0.467 e. The van der Waals surface area contributed by atoms with Gasteiger partial charge in [-0.1, -0.05) is 0 Å². The molecule has 2 heterocycles. The van der Waals surface area contributed by atoms with Gasteiger partial charge in [-0.25, -0.2) is 4.79 Å². The molecule has 0 bridgehead atoms. The van der Waals surface area contributed by atoms with Gasteiger partial charge in [0.2, 0.25) is 0 Å². The number of carbonyl (C=O) groups is 1. The van der Waals surface area contributed by atoms with Gasteiger partial charge in [0.1, 0.15) is 11.3 Å². The van der Waals surface area contributed by atoms with Gasteiger partial charge in [-0.3, -0.25) is 4.90 Å². The summed E-state index contributed by atoms with van der Waals surface area (Å²) in [5, 5.41) is 0. The Kier molecular flexibility index (Phi) is 4.79. The van der Waals surface area contributed by atoms with E-state index in [-0.39, 0.29) is 5.97 Å². The second kappa shape index (κ2) is 6.36. The molecule has 2 rings (SSSR count). The van der Waals surface area contributed by atoms with Crippen molar-refractivity contribution in [2.75, 3.05) is 14.2 Å². The molecule has 2 aromatic rings. The zero-order chi connectivity index (χ0) is 13.8. The molecule has 0 radical (unpaired) electrons. The van der Waals surface area contributed by atoms with Crippen LogP contribution in [0.25, 0.3) is 0 Å². The highest BCUT2D eigenvalue weighted by Crippen LogP contribution is 2.23. The summed E-state index contributed by atoms with van der Waals surface area (Å²) in [5.41, 5.74) is 0.488. The van der Waals surface area contributed by atoms with Crippen LogP contribution in [-0.4, -0.2) is 25.0 Å². The van der Waals surface area contributed by atoms with Crippen molar-refractivity contribution in [1.29, 1.82) is 0 Å². The predicted molar refractivity (Wildman–Crippen MR) is 77.2 cm³/mol. The molecule has 0 fully saturated rings. The molecular weight excluding hydrogens is 330 g/mol. The minimum absolute atomic E-state index is 0.365. The van der Waals surface area contributed by atoms with E-state index in [2.05, 4.69) is 26.9 Å². The standard InChI is InChI=1S/C13H14BrNO3S/c1-15(7-9-3-4-12(14)19-9)8-11-10(5-6-18-11)13(16)17-2/h3-6H,7-8H2,1-2H3. The highest BCUT2D eigenvalue weighted by Gasteiger charge is 2.16. The smallest absolute Gasteiger partial charge is 0.341 e. The molecule has 6 heteroatoms. The van der Waals surface area contributed by atoms with E-state index in [9.17, 15) is 4.79 Å². The molecule has 0 atom stereocenters. The molecule has 4 nitrogen and oxygen atoms in total. The van der Waals surface area contributed by atoms with Crippen molar-refractivity contribution in [3.05, 3.63) is 44.4 Å². The van der Waals surface area contributed by atoms with E-state index in [0.29, 0.717) is 17.9 Å². The Labute approximate surface area is 124 Å². The van der Waals surface area contributed by atoms with Gasteiger partial charge in [0.25, 0.3) is 0 Å². The fourth-order valence-corrected chi connectivity index (χ4v) is 3.32. The third kappa shape index (κ3) is 3.68. The molecule has 102 valence electrons. The molecule has 2 aromatic heterocycles. The Balaban J connectivity index is 2.01. The largest absolute Gasteiger partial charge is 0.467 e.